The lowest BCUT2D eigenvalue weighted by Crippen LogP contribution is -2.28. The molecule has 0 aliphatic carbocycles. The fourth-order valence-corrected chi connectivity index (χ4v) is 1.66. The number of carbonyl (C=O) groups excluding carboxylic acids is 1. The molecule has 1 aromatic rings. The maximum atomic E-state index is 13.0. The fourth-order valence-electron chi connectivity index (χ4n) is 1.66. The van der Waals surface area contributed by atoms with Crippen molar-refractivity contribution in [2.75, 3.05) is 20.1 Å². The molecule has 0 saturated carbocycles. The van der Waals surface area contributed by atoms with E-state index in [1.54, 1.807) is 7.05 Å². The van der Waals surface area contributed by atoms with E-state index in [9.17, 15) is 14.3 Å². The molecule has 0 spiro atoms. The SMILES string of the molecule is CN(CCCCCN)C(=O)c1cc(F)ccc1O. The van der Waals surface area contributed by atoms with Crippen LogP contribution in [0.25, 0.3) is 0 Å². The molecule has 1 rings (SSSR count). The van der Waals surface area contributed by atoms with E-state index in [4.69, 9.17) is 5.73 Å². The highest BCUT2D eigenvalue weighted by molar-refractivity contribution is 5.96. The molecule has 0 saturated heterocycles. The van der Waals surface area contributed by atoms with Crippen LogP contribution in [0, 0.1) is 5.82 Å². The van der Waals surface area contributed by atoms with Crippen molar-refractivity contribution in [3.8, 4) is 5.75 Å². The molecule has 0 aliphatic rings. The zero-order chi connectivity index (χ0) is 13.5. The summed E-state index contributed by atoms with van der Waals surface area (Å²) in [5.74, 6) is -1.11. The van der Waals surface area contributed by atoms with Gasteiger partial charge in [0.15, 0.2) is 0 Å². The number of hydrogen-bond acceptors (Lipinski definition) is 3. The molecule has 18 heavy (non-hydrogen) atoms. The number of rotatable bonds is 6. The molecular formula is C13H19FN2O2. The molecule has 1 amide bonds. The van der Waals surface area contributed by atoms with E-state index < -0.39 is 5.82 Å². The first-order valence-corrected chi connectivity index (χ1v) is 6.00. The normalized spacial score (nSPS) is 10.4. The summed E-state index contributed by atoms with van der Waals surface area (Å²) in [6.45, 7) is 1.21. The second-order valence-electron chi connectivity index (χ2n) is 4.24. The number of amides is 1. The van der Waals surface area contributed by atoms with Crippen LogP contribution < -0.4 is 5.73 Å². The van der Waals surface area contributed by atoms with E-state index in [0.717, 1.165) is 31.4 Å². The van der Waals surface area contributed by atoms with Crippen LogP contribution in [0.3, 0.4) is 0 Å². The molecule has 0 atom stereocenters. The van der Waals surface area contributed by atoms with Gasteiger partial charge < -0.3 is 15.7 Å². The minimum Gasteiger partial charge on any atom is -0.507 e. The largest absolute Gasteiger partial charge is 0.507 e. The van der Waals surface area contributed by atoms with Gasteiger partial charge >= 0.3 is 0 Å². The van der Waals surface area contributed by atoms with Crippen LogP contribution in [0.15, 0.2) is 18.2 Å². The van der Waals surface area contributed by atoms with Gasteiger partial charge in [0, 0.05) is 13.6 Å². The monoisotopic (exact) mass is 254 g/mol. The van der Waals surface area contributed by atoms with Gasteiger partial charge in [-0.2, -0.15) is 0 Å². The Hall–Kier alpha value is -1.62. The van der Waals surface area contributed by atoms with Gasteiger partial charge in [0.2, 0.25) is 0 Å². The average molecular weight is 254 g/mol. The zero-order valence-electron chi connectivity index (χ0n) is 10.5. The number of phenols is 1. The number of halogens is 1. The van der Waals surface area contributed by atoms with Crippen LogP contribution in [0.1, 0.15) is 29.6 Å². The van der Waals surface area contributed by atoms with Crippen molar-refractivity contribution in [1.82, 2.24) is 4.90 Å². The minimum atomic E-state index is -0.535. The second-order valence-corrected chi connectivity index (χ2v) is 4.24. The molecular weight excluding hydrogens is 235 g/mol. The highest BCUT2D eigenvalue weighted by atomic mass is 19.1. The van der Waals surface area contributed by atoms with Crippen molar-refractivity contribution in [2.45, 2.75) is 19.3 Å². The van der Waals surface area contributed by atoms with Crippen molar-refractivity contribution < 1.29 is 14.3 Å². The van der Waals surface area contributed by atoms with E-state index >= 15 is 0 Å². The Balaban J connectivity index is 2.60. The Bertz CT molecular complexity index is 410. The Morgan fingerprint density at radius 3 is 2.78 bits per heavy atom. The van der Waals surface area contributed by atoms with E-state index in [1.165, 1.54) is 11.0 Å². The van der Waals surface area contributed by atoms with Gasteiger partial charge in [0.25, 0.3) is 5.91 Å². The lowest BCUT2D eigenvalue weighted by Gasteiger charge is -2.17. The zero-order valence-corrected chi connectivity index (χ0v) is 10.5. The van der Waals surface area contributed by atoms with E-state index in [1.807, 2.05) is 0 Å². The Morgan fingerprint density at radius 1 is 1.39 bits per heavy atom. The van der Waals surface area contributed by atoms with Gasteiger partial charge in [-0.3, -0.25) is 4.79 Å². The van der Waals surface area contributed by atoms with E-state index in [2.05, 4.69) is 0 Å². The predicted molar refractivity (Wildman–Crippen MR) is 67.9 cm³/mol. The summed E-state index contributed by atoms with van der Waals surface area (Å²) >= 11 is 0. The first kappa shape index (κ1) is 14.4. The summed E-state index contributed by atoms with van der Waals surface area (Å²) in [5, 5.41) is 9.53. The van der Waals surface area contributed by atoms with Gasteiger partial charge in [-0.05, 0) is 37.6 Å². The molecule has 100 valence electrons. The third kappa shape index (κ3) is 4.00. The summed E-state index contributed by atoms with van der Waals surface area (Å²) in [5.41, 5.74) is 5.37. The van der Waals surface area contributed by atoms with Crippen LogP contribution in [0.2, 0.25) is 0 Å². The van der Waals surface area contributed by atoms with Crippen LogP contribution >= 0.6 is 0 Å². The number of phenolic OH excluding ortho intramolecular Hbond substituents is 1. The first-order valence-electron chi connectivity index (χ1n) is 6.00. The van der Waals surface area contributed by atoms with Gasteiger partial charge in [0.1, 0.15) is 11.6 Å². The van der Waals surface area contributed by atoms with Gasteiger partial charge in [-0.1, -0.05) is 6.42 Å². The minimum absolute atomic E-state index is 0.00340. The number of nitrogens with zero attached hydrogens (tertiary/aromatic N) is 1. The predicted octanol–water partition coefficient (Wildman–Crippen LogP) is 1.73. The summed E-state index contributed by atoms with van der Waals surface area (Å²) in [7, 11) is 1.63. The number of unbranched alkanes of at least 4 members (excludes halogenated alkanes) is 2. The summed E-state index contributed by atoms with van der Waals surface area (Å²) in [4.78, 5) is 13.4. The molecule has 0 radical (unpaired) electrons. The van der Waals surface area contributed by atoms with E-state index in [0.29, 0.717) is 13.1 Å². The van der Waals surface area contributed by atoms with Crippen molar-refractivity contribution in [3.05, 3.63) is 29.6 Å². The number of aromatic hydroxyl groups is 1. The third-order valence-electron chi connectivity index (χ3n) is 2.73. The Kier molecular flexibility index (Phi) is 5.58. The topological polar surface area (TPSA) is 66.6 Å². The highest BCUT2D eigenvalue weighted by Gasteiger charge is 2.16. The van der Waals surface area contributed by atoms with Crippen molar-refractivity contribution in [3.63, 3.8) is 0 Å². The molecule has 3 N–H and O–H groups in total. The van der Waals surface area contributed by atoms with Crippen molar-refractivity contribution in [1.29, 1.82) is 0 Å². The molecule has 0 unspecified atom stereocenters. The second kappa shape index (κ2) is 6.96. The number of hydrogen-bond donors (Lipinski definition) is 2. The summed E-state index contributed by atoms with van der Waals surface area (Å²) in [6.07, 6.45) is 2.71. The quantitative estimate of drug-likeness (QED) is 0.760. The standard InChI is InChI=1S/C13H19FN2O2/c1-16(8-4-2-3-7-15)13(18)11-9-10(14)5-6-12(11)17/h5-6,9,17H,2-4,7-8,15H2,1H3. The first-order chi connectivity index (χ1) is 8.56. The molecule has 0 aliphatic heterocycles. The van der Waals surface area contributed by atoms with Crippen LogP contribution in [-0.2, 0) is 0 Å². The lowest BCUT2D eigenvalue weighted by molar-refractivity contribution is 0.0789. The number of benzene rings is 1. The number of nitrogens with two attached hydrogens (primary N) is 1. The molecule has 0 aromatic heterocycles. The lowest BCUT2D eigenvalue weighted by atomic mass is 10.1. The van der Waals surface area contributed by atoms with Crippen molar-refractivity contribution in [2.24, 2.45) is 5.73 Å². The Labute approximate surface area is 106 Å². The van der Waals surface area contributed by atoms with Gasteiger partial charge in [0.05, 0.1) is 5.56 Å². The number of carbonyl (C=O) groups is 1. The third-order valence-corrected chi connectivity index (χ3v) is 2.73. The van der Waals surface area contributed by atoms with Crippen LogP contribution in [0.4, 0.5) is 4.39 Å². The molecule has 4 nitrogen and oxygen atoms in total. The van der Waals surface area contributed by atoms with E-state index in [-0.39, 0.29) is 17.2 Å². The average Bonchev–Trinajstić information content (AvgIpc) is 2.36. The molecule has 0 heterocycles. The van der Waals surface area contributed by atoms with Crippen LogP contribution in [-0.4, -0.2) is 36.1 Å². The van der Waals surface area contributed by atoms with Crippen molar-refractivity contribution >= 4 is 5.91 Å². The maximum absolute atomic E-state index is 13.0. The summed E-state index contributed by atoms with van der Waals surface area (Å²) in [6, 6.07) is 3.35. The fraction of sp³-hybridized carbons (Fsp3) is 0.462. The molecule has 0 fully saturated rings. The Morgan fingerprint density at radius 2 is 2.11 bits per heavy atom. The maximum Gasteiger partial charge on any atom is 0.257 e. The summed E-state index contributed by atoms with van der Waals surface area (Å²) < 4.78 is 13.0. The van der Waals surface area contributed by atoms with Gasteiger partial charge in [-0.25, -0.2) is 4.39 Å². The van der Waals surface area contributed by atoms with Gasteiger partial charge in [-0.15, -0.1) is 0 Å². The molecule has 5 heteroatoms. The smallest absolute Gasteiger partial charge is 0.257 e. The molecule has 0 bridgehead atoms. The highest BCUT2D eigenvalue weighted by Crippen LogP contribution is 2.19. The van der Waals surface area contributed by atoms with Crippen LogP contribution in [0.5, 0.6) is 5.75 Å². The molecule has 1 aromatic carbocycles.